The molecule has 0 aliphatic carbocycles. The Morgan fingerprint density at radius 1 is 1.18 bits per heavy atom. The highest BCUT2D eigenvalue weighted by molar-refractivity contribution is 9.10. The quantitative estimate of drug-likeness (QED) is 0.669. The first-order chi connectivity index (χ1) is 8.16. The molecular formula is C13H11BrFNS. The van der Waals surface area contributed by atoms with Crippen LogP contribution in [-0.2, 0) is 5.75 Å². The summed E-state index contributed by atoms with van der Waals surface area (Å²) in [5.41, 5.74) is 7.69. The minimum atomic E-state index is -0.213. The number of rotatable bonds is 3. The Labute approximate surface area is 112 Å². The molecule has 0 saturated carbocycles. The molecule has 2 rings (SSSR count). The molecule has 88 valence electrons. The van der Waals surface area contributed by atoms with Crippen molar-refractivity contribution >= 4 is 33.4 Å². The Balaban J connectivity index is 2.13. The van der Waals surface area contributed by atoms with E-state index >= 15 is 0 Å². The average molecular weight is 312 g/mol. The van der Waals surface area contributed by atoms with Crippen LogP contribution >= 0.6 is 27.7 Å². The molecule has 2 aromatic carbocycles. The second-order valence-corrected chi connectivity index (χ2v) is 5.46. The van der Waals surface area contributed by atoms with E-state index in [4.69, 9.17) is 5.73 Å². The van der Waals surface area contributed by atoms with Crippen LogP contribution in [-0.4, -0.2) is 0 Å². The summed E-state index contributed by atoms with van der Waals surface area (Å²) < 4.78 is 14.0. The van der Waals surface area contributed by atoms with Gasteiger partial charge in [-0.3, -0.25) is 0 Å². The third-order valence-electron chi connectivity index (χ3n) is 2.33. The fourth-order valence-electron chi connectivity index (χ4n) is 1.44. The molecule has 0 fully saturated rings. The molecule has 2 N–H and O–H groups in total. The van der Waals surface area contributed by atoms with Crippen LogP contribution in [0, 0.1) is 5.82 Å². The zero-order valence-electron chi connectivity index (χ0n) is 8.99. The molecule has 0 atom stereocenters. The van der Waals surface area contributed by atoms with Gasteiger partial charge in [0.2, 0.25) is 0 Å². The van der Waals surface area contributed by atoms with E-state index in [-0.39, 0.29) is 5.82 Å². The van der Waals surface area contributed by atoms with Gasteiger partial charge in [-0.25, -0.2) is 4.39 Å². The highest BCUT2D eigenvalue weighted by Gasteiger charge is 2.05. The standard InChI is InChI=1S/C13H11BrFNS/c14-12-5-2-6-13(16)11(12)8-17-10-4-1-3-9(15)7-10/h1-7H,8,16H2. The van der Waals surface area contributed by atoms with Crippen molar-refractivity contribution in [2.75, 3.05) is 5.73 Å². The van der Waals surface area contributed by atoms with Gasteiger partial charge in [0.05, 0.1) is 0 Å². The van der Waals surface area contributed by atoms with Gasteiger partial charge in [-0.1, -0.05) is 28.1 Å². The lowest BCUT2D eigenvalue weighted by Crippen LogP contribution is -1.93. The van der Waals surface area contributed by atoms with Crippen LogP contribution in [0.5, 0.6) is 0 Å². The Bertz CT molecular complexity index is 510. The summed E-state index contributed by atoms with van der Waals surface area (Å²) in [5, 5.41) is 0. The normalized spacial score (nSPS) is 10.5. The van der Waals surface area contributed by atoms with Crippen molar-refractivity contribution in [2.24, 2.45) is 0 Å². The van der Waals surface area contributed by atoms with Gasteiger partial charge in [0.15, 0.2) is 0 Å². The predicted octanol–water partition coefficient (Wildman–Crippen LogP) is 4.46. The van der Waals surface area contributed by atoms with Crippen molar-refractivity contribution in [3.8, 4) is 0 Å². The Kier molecular flexibility index (Phi) is 4.07. The van der Waals surface area contributed by atoms with E-state index in [1.165, 1.54) is 12.1 Å². The SMILES string of the molecule is Nc1cccc(Br)c1CSc1cccc(F)c1. The third-order valence-corrected chi connectivity index (χ3v) is 4.10. The lowest BCUT2D eigenvalue weighted by molar-refractivity contribution is 0.624. The average Bonchev–Trinajstić information content (AvgIpc) is 2.28. The largest absolute Gasteiger partial charge is 0.398 e. The fourth-order valence-corrected chi connectivity index (χ4v) is 3.15. The van der Waals surface area contributed by atoms with Crippen LogP contribution in [0.25, 0.3) is 0 Å². The molecule has 0 heterocycles. The van der Waals surface area contributed by atoms with Crippen LogP contribution < -0.4 is 5.73 Å². The van der Waals surface area contributed by atoms with Crippen molar-refractivity contribution in [2.45, 2.75) is 10.6 Å². The summed E-state index contributed by atoms with van der Waals surface area (Å²) in [5.74, 6) is 0.506. The van der Waals surface area contributed by atoms with Crippen molar-refractivity contribution < 1.29 is 4.39 Å². The maximum atomic E-state index is 13.0. The topological polar surface area (TPSA) is 26.0 Å². The lowest BCUT2D eigenvalue weighted by atomic mass is 10.2. The van der Waals surface area contributed by atoms with Crippen molar-refractivity contribution in [3.63, 3.8) is 0 Å². The van der Waals surface area contributed by atoms with E-state index in [1.807, 2.05) is 24.3 Å². The second-order valence-electron chi connectivity index (χ2n) is 3.55. The van der Waals surface area contributed by atoms with Crippen LogP contribution in [0.1, 0.15) is 5.56 Å². The van der Waals surface area contributed by atoms with Crippen molar-refractivity contribution in [1.82, 2.24) is 0 Å². The summed E-state index contributed by atoms with van der Waals surface area (Å²) in [6, 6.07) is 12.3. The maximum Gasteiger partial charge on any atom is 0.124 e. The second kappa shape index (κ2) is 5.56. The van der Waals surface area contributed by atoms with Gasteiger partial charge in [-0.15, -0.1) is 11.8 Å². The summed E-state index contributed by atoms with van der Waals surface area (Å²) in [7, 11) is 0. The molecule has 0 spiro atoms. The van der Waals surface area contributed by atoms with Gasteiger partial charge < -0.3 is 5.73 Å². The lowest BCUT2D eigenvalue weighted by Gasteiger charge is -2.07. The molecule has 0 radical (unpaired) electrons. The first-order valence-electron chi connectivity index (χ1n) is 5.08. The number of hydrogen-bond donors (Lipinski definition) is 1. The van der Waals surface area contributed by atoms with Crippen LogP contribution in [0.3, 0.4) is 0 Å². The zero-order chi connectivity index (χ0) is 12.3. The summed E-state index contributed by atoms with van der Waals surface area (Å²) >= 11 is 5.03. The van der Waals surface area contributed by atoms with Gasteiger partial charge in [0.1, 0.15) is 5.82 Å². The van der Waals surface area contributed by atoms with Gasteiger partial charge in [-0.2, -0.15) is 0 Å². The number of halogens is 2. The minimum absolute atomic E-state index is 0.213. The minimum Gasteiger partial charge on any atom is -0.398 e. The Morgan fingerprint density at radius 2 is 1.94 bits per heavy atom. The first kappa shape index (κ1) is 12.5. The number of benzene rings is 2. The molecule has 1 nitrogen and oxygen atoms in total. The summed E-state index contributed by atoms with van der Waals surface area (Å²) in [4.78, 5) is 0.903. The molecule has 0 saturated heterocycles. The highest BCUT2D eigenvalue weighted by Crippen LogP contribution is 2.30. The highest BCUT2D eigenvalue weighted by atomic mass is 79.9. The van der Waals surface area contributed by atoms with E-state index in [1.54, 1.807) is 17.8 Å². The van der Waals surface area contributed by atoms with E-state index in [9.17, 15) is 4.39 Å². The molecule has 0 aliphatic heterocycles. The van der Waals surface area contributed by atoms with E-state index in [0.29, 0.717) is 0 Å². The van der Waals surface area contributed by atoms with E-state index < -0.39 is 0 Å². The van der Waals surface area contributed by atoms with Gasteiger partial charge in [0, 0.05) is 20.8 Å². The molecule has 0 bridgehead atoms. The van der Waals surface area contributed by atoms with Crippen LogP contribution in [0.4, 0.5) is 10.1 Å². The third kappa shape index (κ3) is 3.23. The molecule has 0 aromatic heterocycles. The smallest absolute Gasteiger partial charge is 0.124 e. The van der Waals surface area contributed by atoms with Gasteiger partial charge in [-0.05, 0) is 35.9 Å². The van der Waals surface area contributed by atoms with Crippen LogP contribution in [0.2, 0.25) is 0 Å². The summed E-state index contributed by atoms with van der Waals surface area (Å²) in [6.45, 7) is 0. The molecular weight excluding hydrogens is 301 g/mol. The van der Waals surface area contributed by atoms with Crippen LogP contribution in [0.15, 0.2) is 51.8 Å². The molecule has 4 heteroatoms. The van der Waals surface area contributed by atoms with Gasteiger partial charge >= 0.3 is 0 Å². The Morgan fingerprint density at radius 3 is 2.65 bits per heavy atom. The Hall–Kier alpha value is -1.00. The first-order valence-corrected chi connectivity index (χ1v) is 6.86. The maximum absolute atomic E-state index is 13.0. The summed E-state index contributed by atoms with van der Waals surface area (Å²) in [6.07, 6.45) is 0. The molecule has 2 aromatic rings. The van der Waals surface area contributed by atoms with E-state index in [0.717, 1.165) is 26.4 Å². The number of nitrogen functional groups attached to an aromatic ring is 1. The molecule has 17 heavy (non-hydrogen) atoms. The number of nitrogens with two attached hydrogens (primary N) is 1. The van der Waals surface area contributed by atoms with E-state index in [2.05, 4.69) is 15.9 Å². The zero-order valence-corrected chi connectivity index (χ0v) is 11.4. The van der Waals surface area contributed by atoms with Crippen molar-refractivity contribution in [1.29, 1.82) is 0 Å². The monoisotopic (exact) mass is 311 g/mol. The number of thioether (sulfide) groups is 1. The molecule has 0 amide bonds. The number of hydrogen-bond acceptors (Lipinski definition) is 2. The molecule has 0 unspecified atom stereocenters. The van der Waals surface area contributed by atoms with Gasteiger partial charge in [0.25, 0.3) is 0 Å². The number of anilines is 1. The predicted molar refractivity (Wildman–Crippen MR) is 74.5 cm³/mol. The van der Waals surface area contributed by atoms with Crippen molar-refractivity contribution in [3.05, 3.63) is 58.3 Å². The fraction of sp³-hybridized carbons (Fsp3) is 0.0769. The molecule has 0 aliphatic rings.